The topological polar surface area (TPSA) is 56.5 Å². The van der Waals surface area contributed by atoms with Crippen molar-refractivity contribution in [2.45, 2.75) is 12.8 Å². The Morgan fingerprint density at radius 3 is 2.49 bits per heavy atom. The zero-order valence-corrected chi connectivity index (χ0v) is 23.2. The summed E-state index contributed by atoms with van der Waals surface area (Å²) in [5, 5.41) is 4.67. The molecule has 0 aliphatic rings. The van der Waals surface area contributed by atoms with Crippen molar-refractivity contribution in [3.8, 4) is 17.1 Å². The van der Waals surface area contributed by atoms with Crippen LogP contribution < -0.4 is 10.3 Å². The van der Waals surface area contributed by atoms with E-state index in [9.17, 15) is 18.0 Å². The van der Waals surface area contributed by atoms with E-state index in [0.717, 1.165) is 31.3 Å². The van der Waals surface area contributed by atoms with Gasteiger partial charge in [-0.15, -0.1) is 0 Å². The Morgan fingerprint density at radius 2 is 1.69 bits per heavy atom. The van der Waals surface area contributed by atoms with Gasteiger partial charge >= 0.3 is 6.18 Å². The minimum Gasteiger partial charge on any atom is -0.488 e. The first kappa shape index (κ1) is 26.8. The third kappa shape index (κ3) is 5.97. The average Bonchev–Trinajstić information content (AvgIpc) is 2.92. The molecule has 0 aliphatic heterocycles. The number of nitrogens with zero attached hydrogens (tertiary/aromatic N) is 3. The molecule has 0 radical (unpaired) electrons. The molecule has 0 saturated heterocycles. The second kappa shape index (κ2) is 11.2. The van der Waals surface area contributed by atoms with Gasteiger partial charge in [-0.2, -0.15) is 22.9 Å². The van der Waals surface area contributed by atoms with Crippen molar-refractivity contribution < 1.29 is 17.9 Å². The average molecular weight is 657 g/mol. The zero-order chi connectivity index (χ0) is 27.6. The van der Waals surface area contributed by atoms with E-state index in [1.54, 1.807) is 48.5 Å². The molecule has 5 nitrogen and oxygen atoms in total. The smallest absolute Gasteiger partial charge is 0.416 e. The molecule has 5 rings (SSSR count). The van der Waals surface area contributed by atoms with Gasteiger partial charge in [0, 0.05) is 25.6 Å². The minimum atomic E-state index is -4.55. The Labute approximate surface area is 237 Å². The Morgan fingerprint density at radius 1 is 0.923 bits per heavy atom. The highest BCUT2D eigenvalue weighted by Crippen LogP contribution is 2.32. The van der Waals surface area contributed by atoms with Crippen LogP contribution in [0, 0.1) is 0 Å². The van der Waals surface area contributed by atoms with E-state index in [-0.39, 0.29) is 23.4 Å². The third-order valence-corrected chi connectivity index (χ3v) is 7.06. The van der Waals surface area contributed by atoms with Crippen molar-refractivity contribution in [1.29, 1.82) is 0 Å². The van der Waals surface area contributed by atoms with Crippen LogP contribution in [-0.4, -0.2) is 15.9 Å². The molecule has 0 fully saturated rings. The molecule has 5 aromatic rings. The van der Waals surface area contributed by atoms with Gasteiger partial charge in [0.2, 0.25) is 0 Å². The molecule has 0 spiro atoms. The van der Waals surface area contributed by atoms with Gasteiger partial charge in [0.15, 0.2) is 5.82 Å². The summed E-state index contributed by atoms with van der Waals surface area (Å²) in [6.45, 7) is 0.270. The largest absolute Gasteiger partial charge is 0.488 e. The van der Waals surface area contributed by atoms with E-state index in [1.807, 2.05) is 18.2 Å². The van der Waals surface area contributed by atoms with Crippen LogP contribution in [0.15, 0.2) is 110 Å². The molecule has 0 bridgehead atoms. The fraction of sp³-hybridized carbons (Fsp3) is 0.0690. The Kier molecular flexibility index (Phi) is 7.67. The molecule has 196 valence electrons. The van der Waals surface area contributed by atoms with E-state index in [1.165, 1.54) is 18.3 Å². The molecular formula is C29H18Br2F3N3O2. The Balaban J connectivity index is 1.56. The number of para-hydroxylation sites is 2. The Hall–Kier alpha value is -3.76. The highest BCUT2D eigenvalue weighted by Gasteiger charge is 2.31. The van der Waals surface area contributed by atoms with Gasteiger partial charge in [-0.3, -0.25) is 4.79 Å². The molecule has 39 heavy (non-hydrogen) atoms. The lowest BCUT2D eigenvalue weighted by Gasteiger charge is -2.13. The predicted molar refractivity (Wildman–Crippen MR) is 152 cm³/mol. The van der Waals surface area contributed by atoms with Crippen LogP contribution in [0.1, 0.15) is 16.7 Å². The van der Waals surface area contributed by atoms with Crippen LogP contribution in [0.4, 0.5) is 13.2 Å². The molecule has 1 aromatic heterocycles. The first-order valence-corrected chi connectivity index (χ1v) is 13.2. The second-order valence-electron chi connectivity index (χ2n) is 8.45. The molecule has 0 N–H and O–H groups in total. The lowest BCUT2D eigenvalue weighted by molar-refractivity contribution is -0.137. The molecule has 0 unspecified atom stereocenters. The fourth-order valence-electron chi connectivity index (χ4n) is 3.89. The standard InChI is InChI=1S/C29H18Br2F3N3O2/c30-22-13-12-20(24(31)15-22)17-39-26-11-4-1-6-19(26)16-35-37-27(18-7-5-8-21(14-18)29(32,33)34)36-25-10-3-2-9-23(25)28(37)38/h1-16H,17H2. The number of hydrogen-bond acceptors (Lipinski definition) is 4. The van der Waals surface area contributed by atoms with E-state index in [4.69, 9.17) is 4.74 Å². The fourth-order valence-corrected chi connectivity index (χ4v) is 5.05. The normalized spacial score (nSPS) is 11.8. The van der Waals surface area contributed by atoms with Crippen molar-refractivity contribution in [1.82, 2.24) is 9.66 Å². The molecule has 0 aliphatic carbocycles. The number of ether oxygens (including phenoxy) is 1. The number of aromatic nitrogens is 2. The van der Waals surface area contributed by atoms with E-state index in [0.29, 0.717) is 16.8 Å². The summed E-state index contributed by atoms with van der Waals surface area (Å²) in [6, 6.07) is 24.2. The predicted octanol–water partition coefficient (Wildman–Crippen LogP) is 8.07. The monoisotopic (exact) mass is 655 g/mol. The van der Waals surface area contributed by atoms with Gasteiger partial charge < -0.3 is 4.74 Å². The number of benzene rings is 4. The van der Waals surface area contributed by atoms with Crippen molar-refractivity contribution >= 4 is 49.0 Å². The third-order valence-electron chi connectivity index (χ3n) is 5.83. The van der Waals surface area contributed by atoms with Gasteiger partial charge in [0.05, 0.1) is 22.7 Å². The van der Waals surface area contributed by atoms with Crippen molar-refractivity contribution in [2.75, 3.05) is 0 Å². The van der Waals surface area contributed by atoms with Crippen molar-refractivity contribution in [3.63, 3.8) is 0 Å². The van der Waals surface area contributed by atoms with Crippen molar-refractivity contribution in [3.05, 3.63) is 127 Å². The highest BCUT2D eigenvalue weighted by atomic mass is 79.9. The van der Waals surface area contributed by atoms with Gasteiger partial charge in [0.1, 0.15) is 12.4 Å². The highest BCUT2D eigenvalue weighted by molar-refractivity contribution is 9.11. The molecule has 1 heterocycles. The lowest BCUT2D eigenvalue weighted by atomic mass is 10.1. The number of alkyl halides is 3. The zero-order valence-electron chi connectivity index (χ0n) is 20.0. The number of fused-ring (bicyclic) bond motifs is 1. The van der Waals surface area contributed by atoms with Crippen LogP contribution in [0.3, 0.4) is 0 Å². The minimum absolute atomic E-state index is 0.0155. The molecule has 10 heteroatoms. The molecule has 0 amide bonds. The Bertz CT molecular complexity index is 1770. The first-order chi connectivity index (χ1) is 18.7. The second-order valence-corrected chi connectivity index (χ2v) is 10.2. The van der Waals surface area contributed by atoms with Gasteiger partial charge in [-0.25, -0.2) is 4.98 Å². The summed E-state index contributed by atoms with van der Waals surface area (Å²) >= 11 is 6.95. The summed E-state index contributed by atoms with van der Waals surface area (Å²) < 4.78 is 49.2. The summed E-state index contributed by atoms with van der Waals surface area (Å²) in [5.74, 6) is 0.497. The van der Waals surface area contributed by atoms with E-state index >= 15 is 0 Å². The van der Waals surface area contributed by atoms with Crippen LogP contribution in [0.2, 0.25) is 0 Å². The van der Waals surface area contributed by atoms with Gasteiger partial charge in [-0.1, -0.05) is 74.3 Å². The van der Waals surface area contributed by atoms with Crippen LogP contribution in [0.5, 0.6) is 5.75 Å². The van der Waals surface area contributed by atoms with Crippen LogP contribution >= 0.6 is 31.9 Å². The number of rotatable bonds is 6. The summed E-state index contributed by atoms with van der Waals surface area (Å²) in [6.07, 6.45) is -3.12. The van der Waals surface area contributed by atoms with Crippen LogP contribution in [0.25, 0.3) is 22.3 Å². The van der Waals surface area contributed by atoms with Crippen molar-refractivity contribution in [2.24, 2.45) is 5.10 Å². The number of hydrogen-bond donors (Lipinski definition) is 0. The van der Waals surface area contributed by atoms with Crippen LogP contribution in [-0.2, 0) is 12.8 Å². The summed E-state index contributed by atoms with van der Waals surface area (Å²) in [4.78, 5) is 17.9. The quantitative estimate of drug-likeness (QED) is 0.174. The maximum Gasteiger partial charge on any atom is 0.416 e. The summed E-state index contributed by atoms with van der Waals surface area (Å²) in [7, 11) is 0. The lowest BCUT2D eigenvalue weighted by Crippen LogP contribution is -2.20. The molecule has 0 atom stereocenters. The SMILES string of the molecule is O=c1c2ccccc2nc(-c2cccc(C(F)(F)F)c2)n1N=Cc1ccccc1OCc1ccc(Br)cc1Br. The number of halogens is 5. The molecule has 4 aromatic carbocycles. The molecular weight excluding hydrogens is 639 g/mol. The maximum atomic E-state index is 13.4. The molecule has 0 saturated carbocycles. The first-order valence-electron chi connectivity index (χ1n) is 11.6. The van der Waals surface area contributed by atoms with Gasteiger partial charge in [-0.05, 0) is 48.5 Å². The van der Waals surface area contributed by atoms with E-state index in [2.05, 4.69) is 41.9 Å². The maximum absolute atomic E-state index is 13.4. The summed E-state index contributed by atoms with van der Waals surface area (Å²) in [5.41, 5.74) is 0.587. The van der Waals surface area contributed by atoms with Gasteiger partial charge in [0.25, 0.3) is 5.56 Å². The van der Waals surface area contributed by atoms with E-state index < -0.39 is 17.3 Å².